The van der Waals surface area contributed by atoms with E-state index < -0.39 is 54.4 Å². The Kier molecular flexibility index (Phi) is 5.84. The van der Waals surface area contributed by atoms with Crippen LogP contribution >= 0.6 is 0 Å². The summed E-state index contributed by atoms with van der Waals surface area (Å²) >= 11 is 0. The van der Waals surface area contributed by atoms with Gasteiger partial charge in [0.05, 0.1) is 25.7 Å². The van der Waals surface area contributed by atoms with E-state index in [2.05, 4.69) is 6.58 Å². The van der Waals surface area contributed by atoms with Gasteiger partial charge in [0.25, 0.3) is 5.92 Å². The van der Waals surface area contributed by atoms with Gasteiger partial charge in [-0.1, -0.05) is 12.7 Å². The molecule has 0 spiro atoms. The molecule has 1 N–H and O–H groups in total. The number of esters is 1. The van der Waals surface area contributed by atoms with E-state index in [0.29, 0.717) is 0 Å². The summed E-state index contributed by atoms with van der Waals surface area (Å²) < 4.78 is 39.2. The molecule has 0 aromatic heterocycles. The number of likely N-dealkylation sites (tertiary alicyclic amines) is 1. The molecule has 2 heterocycles. The minimum atomic E-state index is -3.31. The molecule has 2 aliphatic heterocycles. The van der Waals surface area contributed by atoms with Gasteiger partial charge in [0.15, 0.2) is 5.60 Å². The number of ether oxygens (including phenoxy) is 2. The third kappa shape index (κ3) is 4.74. The Labute approximate surface area is 156 Å². The minimum Gasteiger partial charge on any atom is -0.459 e. The number of hydroxylamine groups is 2. The third-order valence-electron chi connectivity index (χ3n) is 4.16. The van der Waals surface area contributed by atoms with Crippen LogP contribution in [0.3, 0.4) is 0 Å². The molecule has 0 radical (unpaired) electrons. The smallest absolute Gasteiger partial charge is 0.410 e. The number of alkyl halides is 2. The molecule has 10 heteroatoms. The Morgan fingerprint density at radius 1 is 1.37 bits per heavy atom. The second-order valence-corrected chi connectivity index (χ2v) is 7.91. The molecule has 2 rings (SSSR count). The summed E-state index contributed by atoms with van der Waals surface area (Å²) in [4.78, 5) is 30.4. The van der Waals surface area contributed by atoms with E-state index in [1.165, 1.54) is 6.08 Å². The van der Waals surface area contributed by atoms with Gasteiger partial charge in [-0.3, -0.25) is 9.74 Å². The number of hydrogen-bond acceptors (Lipinski definition) is 7. The van der Waals surface area contributed by atoms with E-state index >= 15 is 0 Å². The van der Waals surface area contributed by atoms with Gasteiger partial charge in [0.2, 0.25) is 0 Å². The molecule has 8 nitrogen and oxygen atoms in total. The standard InChI is InChI=1S/C17H26F2N2O6/c1-6-7-25-13(22)16(5,24)9-21-12-11(8-26-21)20(10-17(12,18)19)14(23)27-15(2,3)4/h6,11-12,24H,1,7-10H2,2-5H3/t11?,12?,16-/m1/s1. The van der Waals surface area contributed by atoms with Crippen molar-refractivity contribution in [1.82, 2.24) is 9.96 Å². The van der Waals surface area contributed by atoms with Gasteiger partial charge >= 0.3 is 12.1 Å². The molecule has 27 heavy (non-hydrogen) atoms. The van der Waals surface area contributed by atoms with Crippen LogP contribution in [0.2, 0.25) is 0 Å². The van der Waals surface area contributed by atoms with Crippen LogP contribution in [0.15, 0.2) is 12.7 Å². The normalized spacial score (nSPS) is 27.0. The van der Waals surface area contributed by atoms with Crippen LogP contribution in [0.4, 0.5) is 13.6 Å². The first-order chi connectivity index (χ1) is 12.3. The largest absolute Gasteiger partial charge is 0.459 e. The van der Waals surface area contributed by atoms with Gasteiger partial charge in [-0.05, 0) is 27.7 Å². The average Bonchev–Trinajstić information content (AvgIpc) is 3.03. The molecule has 154 valence electrons. The third-order valence-corrected chi connectivity index (χ3v) is 4.16. The number of carbonyl (C=O) groups excluding carboxylic acids is 2. The maximum Gasteiger partial charge on any atom is 0.410 e. The van der Waals surface area contributed by atoms with Crippen molar-refractivity contribution in [3.05, 3.63) is 12.7 Å². The molecule has 2 fully saturated rings. The number of carbonyl (C=O) groups is 2. The number of β-amino-alcohol motifs (C(OH)–C–C–N with tert-alkyl or cyclic N) is 1. The molecule has 2 aliphatic rings. The van der Waals surface area contributed by atoms with Gasteiger partial charge in [0, 0.05) is 0 Å². The summed E-state index contributed by atoms with van der Waals surface area (Å²) in [5.41, 5.74) is -2.91. The maximum atomic E-state index is 14.6. The van der Waals surface area contributed by atoms with Crippen molar-refractivity contribution in [3.8, 4) is 0 Å². The Hall–Kier alpha value is -1.78. The molecular weight excluding hydrogens is 366 g/mol. The molecule has 0 aliphatic carbocycles. The van der Waals surface area contributed by atoms with Crippen LogP contribution in [-0.4, -0.2) is 82.6 Å². The number of fused-ring (bicyclic) bond motifs is 1. The van der Waals surface area contributed by atoms with Gasteiger partial charge in [-0.15, -0.1) is 0 Å². The van der Waals surface area contributed by atoms with Crippen LogP contribution in [0.25, 0.3) is 0 Å². The first-order valence-electron chi connectivity index (χ1n) is 8.56. The molecule has 0 aromatic carbocycles. The molecule has 3 atom stereocenters. The lowest BCUT2D eigenvalue weighted by Gasteiger charge is -2.31. The van der Waals surface area contributed by atoms with Gasteiger partial charge in [-0.25, -0.2) is 18.4 Å². The van der Waals surface area contributed by atoms with Gasteiger partial charge < -0.3 is 14.6 Å². The van der Waals surface area contributed by atoms with E-state index in [4.69, 9.17) is 14.3 Å². The van der Waals surface area contributed by atoms with Crippen molar-refractivity contribution in [2.45, 2.75) is 56.9 Å². The van der Waals surface area contributed by atoms with Crippen molar-refractivity contribution in [3.63, 3.8) is 0 Å². The summed E-state index contributed by atoms with van der Waals surface area (Å²) in [7, 11) is 0. The Balaban J connectivity index is 2.12. The molecule has 1 amide bonds. The quantitative estimate of drug-likeness (QED) is 0.558. The number of nitrogens with zero attached hydrogens (tertiary/aromatic N) is 2. The monoisotopic (exact) mass is 392 g/mol. The van der Waals surface area contributed by atoms with Crippen LogP contribution in [0.1, 0.15) is 27.7 Å². The molecule has 0 bridgehead atoms. The molecule has 2 saturated heterocycles. The summed E-state index contributed by atoms with van der Waals surface area (Å²) in [6.45, 7) is 7.76. The highest BCUT2D eigenvalue weighted by Gasteiger charge is 2.63. The topological polar surface area (TPSA) is 88.5 Å². The van der Waals surface area contributed by atoms with Crippen LogP contribution in [0.5, 0.6) is 0 Å². The van der Waals surface area contributed by atoms with Crippen molar-refractivity contribution in [2.75, 3.05) is 26.3 Å². The van der Waals surface area contributed by atoms with Crippen molar-refractivity contribution < 1.29 is 37.8 Å². The maximum absolute atomic E-state index is 14.6. The summed E-state index contributed by atoms with van der Waals surface area (Å²) in [5.74, 6) is -4.29. The minimum absolute atomic E-state index is 0.121. The highest BCUT2D eigenvalue weighted by atomic mass is 19.3. The zero-order valence-electron chi connectivity index (χ0n) is 15.9. The second kappa shape index (κ2) is 7.33. The predicted molar refractivity (Wildman–Crippen MR) is 89.9 cm³/mol. The fourth-order valence-corrected chi connectivity index (χ4v) is 3.05. The zero-order valence-corrected chi connectivity index (χ0v) is 15.9. The first kappa shape index (κ1) is 21.5. The molecule has 0 saturated carbocycles. The number of rotatable bonds is 5. The van der Waals surface area contributed by atoms with Gasteiger partial charge in [-0.2, -0.15) is 5.06 Å². The van der Waals surface area contributed by atoms with Gasteiger partial charge in [0.1, 0.15) is 18.2 Å². The van der Waals surface area contributed by atoms with Crippen LogP contribution in [0, 0.1) is 0 Å². The van der Waals surface area contributed by atoms with E-state index in [-0.39, 0.29) is 13.2 Å². The predicted octanol–water partition coefficient (Wildman–Crippen LogP) is 1.34. The zero-order chi connectivity index (χ0) is 20.6. The highest BCUT2D eigenvalue weighted by Crippen LogP contribution is 2.41. The number of aliphatic hydroxyl groups is 1. The van der Waals surface area contributed by atoms with Crippen LogP contribution in [-0.2, 0) is 19.1 Å². The summed E-state index contributed by atoms with van der Waals surface area (Å²) in [6, 6.07) is -2.47. The average molecular weight is 392 g/mol. The van der Waals surface area contributed by atoms with E-state index in [1.807, 2.05) is 0 Å². The van der Waals surface area contributed by atoms with Crippen molar-refractivity contribution in [2.24, 2.45) is 0 Å². The number of amides is 1. The van der Waals surface area contributed by atoms with Crippen LogP contribution < -0.4 is 0 Å². The second-order valence-electron chi connectivity index (χ2n) is 7.91. The molecule has 0 aromatic rings. The molecular formula is C17H26F2N2O6. The van der Waals surface area contributed by atoms with Crippen molar-refractivity contribution >= 4 is 12.1 Å². The van der Waals surface area contributed by atoms with E-state index in [1.54, 1.807) is 20.8 Å². The number of hydrogen-bond donors (Lipinski definition) is 1. The SMILES string of the molecule is C=CCOC(=O)[C@](C)(O)CN1OCC2C1C(F)(F)CN2C(=O)OC(C)(C)C. The molecule has 2 unspecified atom stereocenters. The van der Waals surface area contributed by atoms with E-state index in [0.717, 1.165) is 16.9 Å². The van der Waals surface area contributed by atoms with E-state index in [9.17, 15) is 23.5 Å². The van der Waals surface area contributed by atoms with Crippen molar-refractivity contribution in [1.29, 1.82) is 0 Å². The summed E-state index contributed by atoms with van der Waals surface area (Å²) in [6.07, 6.45) is 0.456. The first-order valence-corrected chi connectivity index (χ1v) is 8.56. The number of halogens is 2. The Bertz CT molecular complexity index is 605. The fraction of sp³-hybridized carbons (Fsp3) is 0.765. The Morgan fingerprint density at radius 2 is 2.00 bits per heavy atom. The summed E-state index contributed by atoms with van der Waals surface area (Å²) in [5, 5.41) is 11.2. The lowest BCUT2D eigenvalue weighted by Crippen LogP contribution is -2.53. The highest BCUT2D eigenvalue weighted by molar-refractivity contribution is 5.79. The fourth-order valence-electron chi connectivity index (χ4n) is 3.05. The lowest BCUT2D eigenvalue weighted by atomic mass is 10.0. The lowest BCUT2D eigenvalue weighted by molar-refractivity contribution is -0.212. The Morgan fingerprint density at radius 3 is 2.56 bits per heavy atom.